The van der Waals surface area contributed by atoms with E-state index in [9.17, 15) is 4.79 Å². The van der Waals surface area contributed by atoms with Crippen molar-refractivity contribution in [2.75, 3.05) is 6.61 Å². The Labute approximate surface area is 116 Å². The minimum absolute atomic E-state index is 0.0803. The summed E-state index contributed by atoms with van der Waals surface area (Å²) >= 11 is 1.99. The topological polar surface area (TPSA) is 26.3 Å². The summed E-state index contributed by atoms with van der Waals surface area (Å²) in [5.74, 6) is -0.0803. The minimum atomic E-state index is -0.397. The van der Waals surface area contributed by atoms with Gasteiger partial charge in [-0.05, 0) is 33.6 Å². The second kappa shape index (κ2) is 5.44. The van der Waals surface area contributed by atoms with Gasteiger partial charge in [-0.3, -0.25) is 4.79 Å². The molecule has 0 aromatic carbocycles. The second-order valence-corrected chi connectivity index (χ2v) is 9.73. The van der Waals surface area contributed by atoms with Crippen molar-refractivity contribution >= 4 is 17.7 Å². The maximum atomic E-state index is 11.9. The van der Waals surface area contributed by atoms with E-state index in [-0.39, 0.29) is 15.5 Å². The second-order valence-electron chi connectivity index (χ2n) is 7.43. The lowest BCUT2D eigenvalue weighted by molar-refractivity contribution is -0.153. The molecule has 0 spiro atoms. The van der Waals surface area contributed by atoms with Crippen molar-refractivity contribution in [3.8, 4) is 0 Å². The van der Waals surface area contributed by atoms with Gasteiger partial charge in [-0.1, -0.05) is 33.6 Å². The summed E-state index contributed by atoms with van der Waals surface area (Å²) in [5.41, 5.74) is -0.397. The molecular weight excluding hydrogens is 244 g/mol. The van der Waals surface area contributed by atoms with Gasteiger partial charge in [0.05, 0.1) is 10.2 Å². The van der Waals surface area contributed by atoms with Crippen LogP contribution in [0.2, 0.25) is 0 Å². The van der Waals surface area contributed by atoms with Gasteiger partial charge in [-0.2, -0.15) is 0 Å². The van der Waals surface area contributed by atoms with E-state index in [0.717, 1.165) is 0 Å². The first-order valence-electron chi connectivity index (χ1n) is 6.92. The van der Waals surface area contributed by atoms with Gasteiger partial charge in [-0.25, -0.2) is 0 Å². The van der Waals surface area contributed by atoms with Gasteiger partial charge in [-0.15, -0.1) is 11.8 Å². The highest BCUT2D eigenvalue weighted by Crippen LogP contribution is 2.47. The molecule has 1 aliphatic carbocycles. The van der Waals surface area contributed by atoms with Crippen LogP contribution in [0.25, 0.3) is 0 Å². The molecule has 0 saturated heterocycles. The summed E-state index contributed by atoms with van der Waals surface area (Å²) in [7, 11) is 0. The Morgan fingerprint density at radius 1 is 1.11 bits per heavy atom. The molecule has 0 amide bonds. The molecule has 0 bridgehead atoms. The Bertz CT molecular complexity index is 291. The van der Waals surface area contributed by atoms with Gasteiger partial charge in [0, 0.05) is 4.75 Å². The molecule has 0 aromatic rings. The van der Waals surface area contributed by atoms with Gasteiger partial charge < -0.3 is 4.74 Å². The molecule has 2 nitrogen and oxygen atoms in total. The van der Waals surface area contributed by atoms with E-state index in [4.69, 9.17) is 4.74 Å². The quantitative estimate of drug-likeness (QED) is 0.711. The molecule has 18 heavy (non-hydrogen) atoms. The van der Waals surface area contributed by atoms with Crippen LogP contribution in [0, 0.1) is 5.41 Å². The first kappa shape index (κ1) is 15.9. The lowest BCUT2D eigenvalue weighted by atomic mass is 9.97. The first-order valence-corrected chi connectivity index (χ1v) is 7.73. The summed E-state index contributed by atoms with van der Waals surface area (Å²) in [6, 6.07) is 0. The van der Waals surface area contributed by atoms with Crippen molar-refractivity contribution in [2.24, 2.45) is 5.41 Å². The Balaban J connectivity index is 2.62. The molecular formula is C15H28O2S. The number of esters is 1. The van der Waals surface area contributed by atoms with Crippen LogP contribution in [0.1, 0.15) is 67.2 Å². The third-order valence-electron chi connectivity index (χ3n) is 3.12. The van der Waals surface area contributed by atoms with Crippen molar-refractivity contribution in [3.63, 3.8) is 0 Å². The lowest BCUT2D eigenvalue weighted by Crippen LogP contribution is -2.35. The number of thioether (sulfide) groups is 1. The maximum Gasteiger partial charge on any atom is 0.311 e. The largest absolute Gasteiger partial charge is 0.464 e. The molecule has 0 aromatic heterocycles. The van der Waals surface area contributed by atoms with Crippen LogP contribution >= 0.6 is 11.8 Å². The number of rotatable bonds is 3. The van der Waals surface area contributed by atoms with Gasteiger partial charge in [0.1, 0.15) is 6.61 Å². The highest BCUT2D eigenvalue weighted by Gasteiger charge is 2.40. The predicted molar refractivity (Wildman–Crippen MR) is 79.0 cm³/mol. The van der Waals surface area contributed by atoms with Gasteiger partial charge in [0.25, 0.3) is 0 Å². The summed E-state index contributed by atoms with van der Waals surface area (Å²) in [5, 5.41) is 0. The van der Waals surface area contributed by atoms with E-state index in [2.05, 4.69) is 20.8 Å². The van der Waals surface area contributed by atoms with Gasteiger partial charge in [0.15, 0.2) is 0 Å². The lowest BCUT2D eigenvalue weighted by Gasteiger charge is -2.35. The Morgan fingerprint density at radius 2 is 1.61 bits per heavy atom. The molecule has 1 rings (SSSR count). The zero-order valence-electron chi connectivity index (χ0n) is 12.8. The monoisotopic (exact) mass is 272 g/mol. The van der Waals surface area contributed by atoms with Gasteiger partial charge >= 0.3 is 5.97 Å². The third kappa shape index (κ3) is 4.83. The molecule has 1 aliphatic rings. The highest BCUT2D eigenvalue weighted by atomic mass is 32.2. The van der Waals surface area contributed by atoms with Gasteiger partial charge in [0.2, 0.25) is 0 Å². The van der Waals surface area contributed by atoms with Crippen LogP contribution in [0.4, 0.5) is 0 Å². The molecule has 0 N–H and O–H groups in total. The standard InChI is InChI=1S/C15H28O2S/c1-13(2,3)12(16)17-11-15(9-7-8-10-15)18-14(4,5)6/h7-11H2,1-6H3. The van der Waals surface area contributed by atoms with E-state index >= 15 is 0 Å². The van der Waals surface area contributed by atoms with Crippen LogP contribution in [-0.4, -0.2) is 22.1 Å². The van der Waals surface area contributed by atoms with Crippen LogP contribution in [0.3, 0.4) is 0 Å². The fourth-order valence-corrected chi connectivity index (χ4v) is 4.27. The molecule has 3 heteroatoms. The number of carbonyl (C=O) groups excluding carboxylic acids is 1. The Hall–Kier alpha value is -0.180. The number of ether oxygens (including phenoxy) is 1. The van der Waals surface area contributed by atoms with E-state index in [1.54, 1.807) is 0 Å². The minimum Gasteiger partial charge on any atom is -0.464 e. The molecule has 1 saturated carbocycles. The van der Waals surface area contributed by atoms with Crippen LogP contribution in [0.15, 0.2) is 0 Å². The molecule has 0 radical (unpaired) electrons. The molecule has 0 atom stereocenters. The average molecular weight is 272 g/mol. The summed E-state index contributed by atoms with van der Waals surface area (Å²) in [6.45, 7) is 13.0. The van der Waals surface area contributed by atoms with E-state index < -0.39 is 5.41 Å². The van der Waals surface area contributed by atoms with Crippen LogP contribution in [0.5, 0.6) is 0 Å². The Morgan fingerprint density at radius 3 is 2.00 bits per heavy atom. The summed E-state index contributed by atoms with van der Waals surface area (Å²) in [4.78, 5) is 11.9. The molecule has 0 aliphatic heterocycles. The third-order valence-corrected chi connectivity index (χ3v) is 4.69. The van der Waals surface area contributed by atoms with E-state index in [1.165, 1.54) is 25.7 Å². The highest BCUT2D eigenvalue weighted by molar-refractivity contribution is 8.02. The average Bonchev–Trinajstić information content (AvgIpc) is 2.59. The molecule has 106 valence electrons. The molecule has 1 fully saturated rings. The fraction of sp³-hybridized carbons (Fsp3) is 0.933. The maximum absolute atomic E-state index is 11.9. The summed E-state index contributed by atoms with van der Waals surface area (Å²) in [6.07, 6.45) is 4.87. The zero-order chi connectivity index (χ0) is 14.0. The smallest absolute Gasteiger partial charge is 0.311 e. The molecule has 0 heterocycles. The SMILES string of the molecule is CC(C)(C)SC1(COC(=O)C(C)(C)C)CCCC1. The van der Waals surface area contributed by atoms with Crippen molar-refractivity contribution in [1.29, 1.82) is 0 Å². The normalized spacial score (nSPS) is 19.9. The number of hydrogen-bond acceptors (Lipinski definition) is 3. The van der Waals surface area contributed by atoms with Crippen LogP contribution < -0.4 is 0 Å². The Kier molecular flexibility index (Phi) is 4.80. The fourth-order valence-electron chi connectivity index (χ4n) is 2.36. The van der Waals surface area contributed by atoms with Crippen molar-refractivity contribution < 1.29 is 9.53 Å². The summed E-state index contributed by atoms with van der Waals surface area (Å²) < 4.78 is 5.95. The molecule has 0 unspecified atom stereocenters. The number of carbonyl (C=O) groups is 1. The zero-order valence-corrected chi connectivity index (χ0v) is 13.6. The van der Waals surface area contributed by atoms with Crippen molar-refractivity contribution in [2.45, 2.75) is 76.7 Å². The number of hydrogen-bond donors (Lipinski definition) is 0. The predicted octanol–water partition coefficient (Wildman–Crippen LogP) is 4.42. The van der Waals surface area contributed by atoms with E-state index in [1.807, 2.05) is 32.5 Å². The van der Waals surface area contributed by atoms with Crippen molar-refractivity contribution in [1.82, 2.24) is 0 Å². The first-order chi connectivity index (χ1) is 8.04. The van der Waals surface area contributed by atoms with Crippen LogP contribution in [-0.2, 0) is 9.53 Å². The van der Waals surface area contributed by atoms with E-state index in [0.29, 0.717) is 6.61 Å². The van der Waals surface area contributed by atoms with Crippen molar-refractivity contribution in [3.05, 3.63) is 0 Å².